The Morgan fingerprint density at radius 1 is 1.12 bits per heavy atom. The van der Waals surface area contributed by atoms with Crippen LogP contribution in [0.2, 0.25) is 0 Å². The molecule has 2 atom stereocenters. The molecule has 0 spiro atoms. The van der Waals surface area contributed by atoms with Crippen molar-refractivity contribution >= 4 is 0 Å². The molecule has 96 valence electrons. The van der Waals surface area contributed by atoms with Gasteiger partial charge in [0.05, 0.1) is 0 Å². The van der Waals surface area contributed by atoms with Crippen LogP contribution >= 0.6 is 0 Å². The second-order valence-electron chi connectivity index (χ2n) is 7.81. The Hall–Kier alpha value is -0.260. The monoisotopic (exact) mass is 232 g/mol. The lowest BCUT2D eigenvalue weighted by Gasteiger charge is -2.61. The van der Waals surface area contributed by atoms with Gasteiger partial charge in [-0.2, -0.15) is 0 Å². The predicted octanol–water partition coefficient (Wildman–Crippen LogP) is 5.34. The van der Waals surface area contributed by atoms with Crippen LogP contribution in [0.5, 0.6) is 0 Å². The third-order valence-corrected chi connectivity index (χ3v) is 5.84. The zero-order valence-electron chi connectivity index (χ0n) is 11.5. The molecular formula is C17H28. The van der Waals surface area contributed by atoms with Crippen molar-refractivity contribution in [3.63, 3.8) is 0 Å². The molecule has 0 aliphatic heterocycles. The zero-order chi connectivity index (χ0) is 11.9. The van der Waals surface area contributed by atoms with Crippen molar-refractivity contribution in [2.75, 3.05) is 0 Å². The molecule has 4 bridgehead atoms. The van der Waals surface area contributed by atoms with Crippen LogP contribution < -0.4 is 0 Å². The van der Waals surface area contributed by atoms with Crippen molar-refractivity contribution < 1.29 is 0 Å². The minimum absolute atomic E-state index is 0.739. The summed E-state index contributed by atoms with van der Waals surface area (Å²) in [6.45, 7) is 6.42. The smallest absolute Gasteiger partial charge is 0.0287 e. The molecule has 4 saturated carbocycles. The second-order valence-corrected chi connectivity index (χ2v) is 7.81. The van der Waals surface area contributed by atoms with Gasteiger partial charge in [0.1, 0.15) is 0 Å². The van der Waals surface area contributed by atoms with E-state index in [9.17, 15) is 0 Å². The molecule has 0 heterocycles. The molecule has 0 N–H and O–H groups in total. The van der Waals surface area contributed by atoms with E-state index in [2.05, 4.69) is 19.6 Å². The topological polar surface area (TPSA) is 0 Å². The second kappa shape index (κ2) is 4.14. The summed E-state index contributed by atoms with van der Waals surface area (Å²) in [5.41, 5.74) is 1.52. The Morgan fingerprint density at radius 3 is 2.41 bits per heavy atom. The van der Waals surface area contributed by atoms with Crippen LogP contribution in [0.4, 0.5) is 0 Å². The van der Waals surface area contributed by atoms with E-state index in [1.165, 1.54) is 25.7 Å². The first-order valence-electron chi connectivity index (χ1n) is 7.74. The molecule has 4 aliphatic rings. The SMILES string of the molecule is C=CCCCCC12CC3CC(CC(C)(C3)C1)C2. The van der Waals surface area contributed by atoms with E-state index >= 15 is 0 Å². The van der Waals surface area contributed by atoms with Gasteiger partial charge in [-0.25, -0.2) is 0 Å². The highest BCUT2D eigenvalue weighted by atomic mass is 14.6. The fourth-order valence-corrected chi connectivity index (χ4v) is 6.01. The molecular weight excluding hydrogens is 204 g/mol. The summed E-state index contributed by atoms with van der Waals surface area (Å²) in [5.74, 6) is 2.20. The first-order valence-corrected chi connectivity index (χ1v) is 7.74. The van der Waals surface area contributed by atoms with E-state index in [0.29, 0.717) is 0 Å². The molecule has 4 rings (SSSR count). The van der Waals surface area contributed by atoms with E-state index in [-0.39, 0.29) is 0 Å². The Kier molecular flexibility index (Phi) is 2.88. The van der Waals surface area contributed by atoms with Crippen molar-refractivity contribution in [3.8, 4) is 0 Å². The lowest BCUT2D eigenvalue weighted by atomic mass is 9.44. The van der Waals surface area contributed by atoms with Gasteiger partial charge in [0.25, 0.3) is 0 Å². The first kappa shape index (κ1) is 11.8. The van der Waals surface area contributed by atoms with Gasteiger partial charge in [0.15, 0.2) is 0 Å². The number of unbranched alkanes of at least 4 members (excludes halogenated alkanes) is 2. The summed E-state index contributed by atoms with van der Waals surface area (Å²) >= 11 is 0. The summed E-state index contributed by atoms with van der Waals surface area (Å²) < 4.78 is 0. The Balaban J connectivity index is 1.64. The van der Waals surface area contributed by atoms with Crippen LogP contribution in [0, 0.1) is 22.7 Å². The average molecular weight is 232 g/mol. The fraction of sp³-hybridized carbons (Fsp3) is 0.882. The molecule has 0 amide bonds. The van der Waals surface area contributed by atoms with Gasteiger partial charge in [-0.1, -0.05) is 19.4 Å². The van der Waals surface area contributed by atoms with E-state index < -0.39 is 0 Å². The van der Waals surface area contributed by atoms with Gasteiger partial charge < -0.3 is 0 Å². The zero-order valence-corrected chi connectivity index (χ0v) is 11.5. The van der Waals surface area contributed by atoms with Crippen LogP contribution in [0.3, 0.4) is 0 Å². The maximum Gasteiger partial charge on any atom is -0.0287 e. The lowest BCUT2D eigenvalue weighted by Crippen LogP contribution is -2.50. The standard InChI is InChI=1S/C17H28/c1-3-4-5-6-7-17-11-14-8-15(12-17)10-16(2,9-14)13-17/h3,14-15H,1,4-13H2,2H3. The van der Waals surface area contributed by atoms with Crippen LogP contribution in [0.1, 0.15) is 71.1 Å². The van der Waals surface area contributed by atoms with E-state index in [4.69, 9.17) is 0 Å². The maximum absolute atomic E-state index is 3.84. The normalized spacial score (nSPS) is 47.4. The number of rotatable bonds is 5. The largest absolute Gasteiger partial charge is 0.103 e. The molecule has 0 heteroatoms. The predicted molar refractivity (Wildman–Crippen MR) is 73.9 cm³/mol. The first-order chi connectivity index (χ1) is 8.13. The molecule has 0 aromatic carbocycles. The highest BCUT2D eigenvalue weighted by molar-refractivity contribution is 5.05. The quantitative estimate of drug-likeness (QED) is 0.443. The van der Waals surface area contributed by atoms with Crippen molar-refractivity contribution in [2.45, 2.75) is 71.1 Å². The van der Waals surface area contributed by atoms with E-state index in [1.54, 1.807) is 38.5 Å². The minimum atomic E-state index is 0.739. The maximum atomic E-state index is 3.84. The van der Waals surface area contributed by atoms with Crippen molar-refractivity contribution in [2.24, 2.45) is 22.7 Å². The Bertz CT molecular complexity index is 287. The van der Waals surface area contributed by atoms with Crippen LogP contribution in [-0.4, -0.2) is 0 Å². The van der Waals surface area contributed by atoms with Gasteiger partial charge in [-0.3, -0.25) is 0 Å². The average Bonchev–Trinajstić information content (AvgIpc) is 2.21. The van der Waals surface area contributed by atoms with Gasteiger partial charge in [0.2, 0.25) is 0 Å². The molecule has 0 saturated heterocycles. The summed E-state index contributed by atoms with van der Waals surface area (Å²) in [7, 11) is 0. The fourth-order valence-electron chi connectivity index (χ4n) is 6.01. The summed E-state index contributed by atoms with van der Waals surface area (Å²) in [6, 6.07) is 0. The summed E-state index contributed by atoms with van der Waals surface area (Å²) in [5, 5.41) is 0. The Morgan fingerprint density at radius 2 is 1.82 bits per heavy atom. The minimum Gasteiger partial charge on any atom is -0.103 e. The lowest BCUT2D eigenvalue weighted by molar-refractivity contribution is -0.106. The molecule has 0 nitrogen and oxygen atoms in total. The molecule has 0 aromatic heterocycles. The van der Waals surface area contributed by atoms with Gasteiger partial charge in [-0.05, 0) is 80.5 Å². The highest BCUT2D eigenvalue weighted by Crippen LogP contribution is 2.66. The molecule has 4 fully saturated rings. The molecule has 17 heavy (non-hydrogen) atoms. The molecule has 4 aliphatic carbocycles. The number of hydrogen-bond acceptors (Lipinski definition) is 0. The number of allylic oxidation sites excluding steroid dienone is 1. The van der Waals surface area contributed by atoms with Crippen molar-refractivity contribution in [1.82, 2.24) is 0 Å². The Labute approximate surface area is 107 Å². The molecule has 2 unspecified atom stereocenters. The third kappa shape index (κ3) is 2.20. The van der Waals surface area contributed by atoms with Crippen molar-refractivity contribution in [1.29, 1.82) is 0 Å². The summed E-state index contributed by atoms with van der Waals surface area (Å²) in [4.78, 5) is 0. The van der Waals surface area contributed by atoms with Gasteiger partial charge >= 0.3 is 0 Å². The van der Waals surface area contributed by atoms with Gasteiger partial charge in [-0.15, -0.1) is 6.58 Å². The van der Waals surface area contributed by atoms with Crippen LogP contribution in [0.25, 0.3) is 0 Å². The van der Waals surface area contributed by atoms with Crippen LogP contribution in [0.15, 0.2) is 12.7 Å². The molecule has 0 radical (unpaired) electrons. The third-order valence-electron chi connectivity index (χ3n) is 5.84. The van der Waals surface area contributed by atoms with Gasteiger partial charge in [0, 0.05) is 0 Å². The van der Waals surface area contributed by atoms with E-state index in [1.807, 2.05) is 0 Å². The van der Waals surface area contributed by atoms with Crippen LogP contribution in [-0.2, 0) is 0 Å². The number of hydrogen-bond donors (Lipinski definition) is 0. The summed E-state index contributed by atoms with van der Waals surface area (Å²) in [6.07, 6.45) is 17.0. The van der Waals surface area contributed by atoms with Crippen molar-refractivity contribution in [3.05, 3.63) is 12.7 Å². The highest BCUT2D eigenvalue weighted by Gasteiger charge is 2.54. The molecule has 0 aromatic rings. The van der Waals surface area contributed by atoms with E-state index in [0.717, 1.165) is 22.7 Å².